The SMILES string of the molecule is COCCCN1C(N)=CC(=O)NC1S(=O)(=O)O. The lowest BCUT2D eigenvalue weighted by molar-refractivity contribution is -0.118. The molecular formula is C8H15N3O5S. The van der Waals surface area contributed by atoms with Gasteiger partial charge in [-0.3, -0.25) is 9.35 Å². The fourth-order valence-electron chi connectivity index (χ4n) is 1.45. The summed E-state index contributed by atoms with van der Waals surface area (Å²) in [4.78, 5) is 12.3. The van der Waals surface area contributed by atoms with Crippen LogP contribution in [-0.4, -0.2) is 49.5 Å². The third-order valence-electron chi connectivity index (χ3n) is 2.19. The van der Waals surface area contributed by atoms with E-state index in [0.29, 0.717) is 13.0 Å². The highest BCUT2D eigenvalue weighted by Gasteiger charge is 2.34. The van der Waals surface area contributed by atoms with Crippen molar-refractivity contribution in [1.29, 1.82) is 0 Å². The summed E-state index contributed by atoms with van der Waals surface area (Å²) in [5.41, 5.74) is 4.00. The van der Waals surface area contributed by atoms with Crippen LogP contribution in [0.5, 0.6) is 0 Å². The Morgan fingerprint density at radius 1 is 1.65 bits per heavy atom. The predicted octanol–water partition coefficient (Wildman–Crippen LogP) is -1.57. The second-order valence-corrected chi connectivity index (χ2v) is 4.96. The van der Waals surface area contributed by atoms with Crippen LogP contribution in [0.1, 0.15) is 6.42 Å². The monoisotopic (exact) mass is 265 g/mol. The minimum absolute atomic E-state index is 0.00696. The molecule has 0 saturated heterocycles. The first-order valence-corrected chi connectivity index (χ1v) is 6.36. The molecule has 1 rings (SSSR count). The molecule has 1 atom stereocenters. The molecule has 0 aromatic heterocycles. The van der Waals surface area contributed by atoms with Crippen molar-refractivity contribution in [3.63, 3.8) is 0 Å². The van der Waals surface area contributed by atoms with Crippen molar-refractivity contribution in [2.75, 3.05) is 20.3 Å². The molecule has 0 aliphatic carbocycles. The lowest BCUT2D eigenvalue weighted by Gasteiger charge is -2.34. The zero-order chi connectivity index (χ0) is 13.1. The van der Waals surface area contributed by atoms with Crippen LogP contribution in [0, 0.1) is 0 Å². The van der Waals surface area contributed by atoms with Crippen LogP contribution in [0.3, 0.4) is 0 Å². The highest BCUT2D eigenvalue weighted by molar-refractivity contribution is 7.86. The summed E-state index contributed by atoms with van der Waals surface area (Å²) in [7, 11) is -2.93. The van der Waals surface area contributed by atoms with Crippen molar-refractivity contribution in [1.82, 2.24) is 10.2 Å². The third-order valence-corrected chi connectivity index (χ3v) is 3.13. The fraction of sp³-hybridized carbons (Fsp3) is 0.625. The Hall–Kier alpha value is -1.32. The van der Waals surface area contributed by atoms with Crippen molar-refractivity contribution < 1.29 is 22.5 Å². The second-order valence-electron chi connectivity index (χ2n) is 3.48. The van der Waals surface area contributed by atoms with Crippen molar-refractivity contribution in [3.8, 4) is 0 Å². The van der Waals surface area contributed by atoms with Gasteiger partial charge in [0.1, 0.15) is 5.82 Å². The van der Waals surface area contributed by atoms with E-state index in [2.05, 4.69) is 5.32 Å². The summed E-state index contributed by atoms with van der Waals surface area (Å²) in [6, 6.07) is 0. The number of methoxy groups -OCH3 is 1. The number of hydrogen-bond donors (Lipinski definition) is 3. The van der Waals surface area contributed by atoms with E-state index in [4.69, 9.17) is 15.0 Å². The summed E-state index contributed by atoms with van der Waals surface area (Å²) in [5.74, 6) is -0.666. The maximum Gasteiger partial charge on any atom is 0.306 e. The lowest BCUT2D eigenvalue weighted by atomic mass is 10.3. The van der Waals surface area contributed by atoms with E-state index >= 15 is 0 Å². The van der Waals surface area contributed by atoms with Crippen LogP contribution in [0.25, 0.3) is 0 Å². The number of rotatable bonds is 5. The molecule has 17 heavy (non-hydrogen) atoms. The number of ether oxygens (including phenoxy) is 1. The van der Waals surface area contributed by atoms with E-state index in [9.17, 15) is 13.2 Å². The van der Waals surface area contributed by atoms with Gasteiger partial charge in [-0.1, -0.05) is 0 Å². The highest BCUT2D eigenvalue weighted by Crippen LogP contribution is 2.13. The smallest absolute Gasteiger partial charge is 0.306 e. The molecule has 0 bridgehead atoms. The number of nitrogens with one attached hydrogen (secondary N) is 1. The maximum absolute atomic E-state index is 11.1. The molecule has 0 aromatic carbocycles. The minimum atomic E-state index is -4.45. The molecule has 98 valence electrons. The van der Waals surface area contributed by atoms with E-state index in [1.807, 2.05) is 0 Å². The van der Waals surface area contributed by atoms with E-state index in [0.717, 1.165) is 6.08 Å². The van der Waals surface area contributed by atoms with Crippen LogP contribution in [0.15, 0.2) is 11.9 Å². The first-order valence-electron chi connectivity index (χ1n) is 4.86. The third kappa shape index (κ3) is 3.58. The Labute approximate surface area is 99.2 Å². The van der Waals surface area contributed by atoms with Crippen molar-refractivity contribution in [3.05, 3.63) is 11.9 Å². The second kappa shape index (κ2) is 5.34. The molecule has 0 fully saturated rings. The molecule has 0 spiro atoms. The quantitative estimate of drug-likeness (QED) is 0.405. The molecule has 8 nitrogen and oxygen atoms in total. The van der Waals surface area contributed by atoms with E-state index in [1.165, 1.54) is 12.0 Å². The largest absolute Gasteiger partial charge is 0.385 e. The zero-order valence-corrected chi connectivity index (χ0v) is 10.1. The summed E-state index contributed by atoms with van der Waals surface area (Å²) in [5, 5.41) is 2.12. The highest BCUT2D eigenvalue weighted by atomic mass is 32.2. The zero-order valence-electron chi connectivity index (χ0n) is 9.29. The Kier molecular flexibility index (Phi) is 4.32. The first kappa shape index (κ1) is 13.7. The fourth-order valence-corrected chi connectivity index (χ4v) is 2.27. The van der Waals surface area contributed by atoms with Gasteiger partial charge in [0.2, 0.25) is 11.4 Å². The number of nitrogens with two attached hydrogens (primary N) is 1. The normalized spacial score (nSPS) is 21.1. The molecule has 9 heteroatoms. The van der Waals surface area contributed by atoms with Crippen molar-refractivity contribution in [2.24, 2.45) is 5.73 Å². The topological polar surface area (TPSA) is 122 Å². The number of carbonyl (C=O) groups excluding carboxylic acids is 1. The van der Waals surface area contributed by atoms with E-state index in [-0.39, 0.29) is 12.4 Å². The van der Waals surface area contributed by atoms with E-state index < -0.39 is 21.5 Å². The van der Waals surface area contributed by atoms with Gasteiger partial charge < -0.3 is 20.7 Å². The summed E-state index contributed by atoms with van der Waals surface area (Å²) < 4.78 is 36.0. The standard InChI is InChI=1S/C8H15N3O5S/c1-16-4-2-3-11-6(9)5-7(12)10-8(11)17(13,14)15/h5,8H,2-4,9H2,1H3,(H,10,12)(H,13,14,15). The van der Waals surface area contributed by atoms with Crippen molar-refractivity contribution in [2.45, 2.75) is 11.9 Å². The minimum Gasteiger partial charge on any atom is -0.385 e. The Bertz CT molecular complexity index is 419. The lowest BCUT2D eigenvalue weighted by Crippen LogP contribution is -2.56. The van der Waals surface area contributed by atoms with Gasteiger partial charge >= 0.3 is 10.1 Å². The Morgan fingerprint density at radius 3 is 2.82 bits per heavy atom. The average Bonchev–Trinajstić information content (AvgIpc) is 2.19. The van der Waals surface area contributed by atoms with Gasteiger partial charge in [-0.2, -0.15) is 8.42 Å². The molecule has 1 unspecified atom stereocenters. The number of nitrogens with zero attached hydrogens (tertiary/aromatic N) is 1. The van der Waals surface area contributed by atoms with Gasteiger partial charge in [-0.15, -0.1) is 0 Å². The molecular weight excluding hydrogens is 250 g/mol. The Balaban J connectivity index is 2.86. The van der Waals surface area contributed by atoms with Gasteiger partial charge in [-0.05, 0) is 6.42 Å². The first-order chi connectivity index (χ1) is 7.86. The molecule has 4 N–H and O–H groups in total. The van der Waals surface area contributed by atoms with Crippen molar-refractivity contribution >= 4 is 16.0 Å². The van der Waals surface area contributed by atoms with Crippen LogP contribution >= 0.6 is 0 Å². The molecule has 1 aliphatic heterocycles. The molecule has 1 aliphatic rings. The Morgan fingerprint density at radius 2 is 2.29 bits per heavy atom. The summed E-state index contributed by atoms with van der Waals surface area (Å²) in [6.07, 6.45) is 1.57. The number of amides is 1. The van der Waals surface area contributed by atoms with Crippen LogP contribution in [0.2, 0.25) is 0 Å². The molecule has 0 radical (unpaired) electrons. The van der Waals surface area contributed by atoms with Gasteiger partial charge in [0.15, 0.2) is 0 Å². The van der Waals surface area contributed by atoms with Crippen LogP contribution in [0.4, 0.5) is 0 Å². The number of hydrogen-bond acceptors (Lipinski definition) is 6. The van der Waals surface area contributed by atoms with Gasteiger partial charge in [-0.25, -0.2) is 0 Å². The maximum atomic E-state index is 11.1. The van der Waals surface area contributed by atoms with Crippen LogP contribution < -0.4 is 11.1 Å². The summed E-state index contributed by atoms with van der Waals surface area (Å²) in [6.45, 7) is 0.650. The molecule has 0 aromatic rings. The van der Waals surface area contributed by atoms with Gasteiger partial charge in [0.25, 0.3) is 0 Å². The van der Waals surface area contributed by atoms with Crippen LogP contribution in [-0.2, 0) is 19.6 Å². The average molecular weight is 265 g/mol. The molecule has 0 saturated carbocycles. The van der Waals surface area contributed by atoms with Gasteiger partial charge in [0, 0.05) is 26.3 Å². The molecule has 1 heterocycles. The predicted molar refractivity (Wildman–Crippen MR) is 58.9 cm³/mol. The summed E-state index contributed by atoms with van der Waals surface area (Å²) >= 11 is 0. The van der Waals surface area contributed by atoms with E-state index in [1.54, 1.807) is 0 Å². The number of carbonyl (C=O) groups is 1. The van der Waals surface area contributed by atoms with Gasteiger partial charge in [0.05, 0.1) is 0 Å². The molecule has 1 amide bonds.